The maximum Gasteiger partial charge on any atom is 0.310 e. The molecule has 1 fully saturated rings. The maximum absolute atomic E-state index is 12.0. The molecule has 0 saturated carbocycles. The molecule has 1 saturated heterocycles. The van der Waals surface area contributed by atoms with Gasteiger partial charge in [-0.3, -0.25) is 9.59 Å². The lowest BCUT2D eigenvalue weighted by atomic mass is 9.79. The molecule has 22 heavy (non-hydrogen) atoms. The van der Waals surface area contributed by atoms with Crippen molar-refractivity contribution < 1.29 is 18.8 Å². The van der Waals surface area contributed by atoms with Crippen LogP contribution in [0.5, 0.6) is 0 Å². The van der Waals surface area contributed by atoms with E-state index in [0.29, 0.717) is 6.61 Å². The zero-order chi connectivity index (χ0) is 17.3. The van der Waals surface area contributed by atoms with Crippen molar-refractivity contribution in [3.8, 4) is 0 Å². The van der Waals surface area contributed by atoms with Crippen molar-refractivity contribution in [2.24, 2.45) is 11.8 Å². The minimum Gasteiger partial charge on any atom is -0.466 e. The number of rotatable bonds is 6. The number of hydrogen-bond acceptors (Lipinski definition) is 4. The van der Waals surface area contributed by atoms with Gasteiger partial charge in [-0.05, 0) is 38.9 Å². The molecule has 1 aliphatic rings. The van der Waals surface area contributed by atoms with Crippen LogP contribution < -0.4 is 5.32 Å². The summed E-state index contributed by atoms with van der Waals surface area (Å²) in [7, 11) is -1.95. The van der Waals surface area contributed by atoms with Crippen molar-refractivity contribution in [2.45, 2.75) is 71.8 Å². The third-order valence-electron chi connectivity index (χ3n) is 4.99. The Morgan fingerprint density at radius 1 is 1.32 bits per heavy atom. The van der Waals surface area contributed by atoms with Gasteiger partial charge in [0, 0.05) is 0 Å². The summed E-state index contributed by atoms with van der Waals surface area (Å²) in [5.74, 6) is -0.939. The van der Waals surface area contributed by atoms with Gasteiger partial charge in [0.05, 0.1) is 30.6 Å². The smallest absolute Gasteiger partial charge is 0.310 e. The third-order valence-corrected chi connectivity index (χ3v) is 9.56. The average Bonchev–Trinajstić information content (AvgIpc) is 2.32. The lowest BCUT2D eigenvalue weighted by molar-refractivity contribution is -0.155. The second-order valence-corrected chi connectivity index (χ2v) is 12.4. The van der Waals surface area contributed by atoms with Crippen LogP contribution in [0.4, 0.5) is 0 Å². The molecule has 6 heteroatoms. The number of nitrogens with one attached hydrogen (secondary N) is 1. The topological polar surface area (TPSA) is 64.6 Å². The normalized spacial score (nSPS) is 25.0. The molecule has 0 aliphatic carbocycles. The van der Waals surface area contributed by atoms with E-state index in [0.717, 1.165) is 0 Å². The molecule has 128 valence electrons. The molecule has 4 atom stereocenters. The minimum absolute atomic E-state index is 0.0349. The van der Waals surface area contributed by atoms with Crippen LogP contribution in [0.15, 0.2) is 0 Å². The maximum atomic E-state index is 12.0. The Morgan fingerprint density at radius 2 is 1.86 bits per heavy atom. The molecule has 1 heterocycles. The molecular weight excluding hydrogens is 298 g/mol. The molecule has 1 rings (SSSR count). The number of carbonyl (C=O) groups is 2. The van der Waals surface area contributed by atoms with Crippen LogP contribution in [0.1, 0.15) is 41.5 Å². The highest BCUT2D eigenvalue weighted by Gasteiger charge is 2.50. The molecule has 0 aromatic heterocycles. The van der Waals surface area contributed by atoms with Crippen molar-refractivity contribution in [3.63, 3.8) is 0 Å². The number of β-lactam (4-membered cyclic amide) rings is 1. The van der Waals surface area contributed by atoms with Gasteiger partial charge in [-0.2, -0.15) is 0 Å². The highest BCUT2D eigenvalue weighted by molar-refractivity contribution is 6.74. The van der Waals surface area contributed by atoms with Crippen LogP contribution in [-0.4, -0.2) is 38.9 Å². The Morgan fingerprint density at radius 3 is 2.27 bits per heavy atom. The third kappa shape index (κ3) is 3.90. The predicted molar refractivity (Wildman–Crippen MR) is 89.0 cm³/mol. The molecule has 3 unspecified atom stereocenters. The van der Waals surface area contributed by atoms with E-state index in [1.165, 1.54) is 0 Å². The van der Waals surface area contributed by atoms with E-state index in [2.05, 4.69) is 39.2 Å². The van der Waals surface area contributed by atoms with E-state index in [1.54, 1.807) is 13.8 Å². The summed E-state index contributed by atoms with van der Waals surface area (Å²) < 4.78 is 11.4. The number of esters is 1. The number of hydrogen-bond donors (Lipinski definition) is 1. The quantitative estimate of drug-likeness (QED) is 0.462. The van der Waals surface area contributed by atoms with E-state index in [4.69, 9.17) is 9.16 Å². The fraction of sp³-hybridized carbons (Fsp3) is 0.875. The lowest BCUT2D eigenvalue weighted by Gasteiger charge is -2.46. The van der Waals surface area contributed by atoms with Crippen LogP contribution in [0.2, 0.25) is 18.1 Å². The SMILES string of the molecule is CCOC(=O)[C@H](C)C1NC(=O)C1C(C)O[Si](C)(C)C(C)(C)C. The Kier molecular flexibility index (Phi) is 5.84. The van der Waals surface area contributed by atoms with Gasteiger partial charge in [0.25, 0.3) is 0 Å². The summed E-state index contributed by atoms with van der Waals surface area (Å²) >= 11 is 0. The van der Waals surface area contributed by atoms with Gasteiger partial charge in [-0.25, -0.2) is 0 Å². The van der Waals surface area contributed by atoms with Gasteiger partial charge in [0.2, 0.25) is 5.91 Å². The van der Waals surface area contributed by atoms with Gasteiger partial charge in [-0.15, -0.1) is 0 Å². The summed E-state index contributed by atoms with van der Waals surface area (Å²) in [6.45, 7) is 16.7. The van der Waals surface area contributed by atoms with Crippen molar-refractivity contribution in [1.29, 1.82) is 0 Å². The van der Waals surface area contributed by atoms with Crippen LogP contribution in [0.3, 0.4) is 0 Å². The zero-order valence-corrected chi connectivity index (χ0v) is 16.1. The Labute approximate surface area is 135 Å². The van der Waals surface area contributed by atoms with Crippen molar-refractivity contribution in [3.05, 3.63) is 0 Å². The highest BCUT2D eigenvalue weighted by Crippen LogP contribution is 2.39. The first kappa shape index (κ1) is 19.2. The first-order valence-corrected chi connectivity index (χ1v) is 11.0. The second kappa shape index (κ2) is 6.70. The molecule has 5 nitrogen and oxygen atoms in total. The van der Waals surface area contributed by atoms with E-state index < -0.39 is 8.32 Å². The van der Waals surface area contributed by atoms with Crippen molar-refractivity contribution in [2.75, 3.05) is 6.61 Å². The standard InChI is InChI=1S/C16H31NO4Si/c1-9-20-15(19)10(2)13-12(14(18)17-13)11(3)21-22(7,8)16(4,5)6/h10-13H,9H2,1-8H3,(H,17,18)/t10-,11?,12?,13?/m1/s1. The highest BCUT2D eigenvalue weighted by atomic mass is 28.4. The largest absolute Gasteiger partial charge is 0.466 e. The first-order chi connectivity index (χ1) is 9.92. The van der Waals surface area contributed by atoms with Gasteiger partial charge in [0.1, 0.15) is 0 Å². The van der Waals surface area contributed by atoms with Crippen LogP contribution in [0, 0.1) is 11.8 Å². The Hall–Kier alpha value is -0.883. The first-order valence-electron chi connectivity index (χ1n) is 8.07. The lowest BCUT2D eigenvalue weighted by Crippen LogP contribution is -2.66. The summed E-state index contributed by atoms with van der Waals surface area (Å²) in [5, 5.41) is 2.92. The van der Waals surface area contributed by atoms with Gasteiger partial charge >= 0.3 is 5.97 Å². The van der Waals surface area contributed by atoms with Gasteiger partial charge in [-0.1, -0.05) is 20.8 Å². The average molecular weight is 330 g/mol. The van der Waals surface area contributed by atoms with E-state index in [9.17, 15) is 9.59 Å². The summed E-state index contributed by atoms with van der Waals surface area (Å²) in [4.78, 5) is 23.9. The number of amides is 1. The summed E-state index contributed by atoms with van der Waals surface area (Å²) in [5.41, 5.74) is 0. The minimum atomic E-state index is -1.95. The molecule has 0 aromatic carbocycles. The fourth-order valence-electron chi connectivity index (χ4n) is 2.49. The predicted octanol–water partition coefficient (Wildman–Crippen LogP) is 2.71. The molecule has 0 spiro atoms. The summed E-state index contributed by atoms with van der Waals surface area (Å²) in [6.07, 6.45) is -0.198. The Balaban J connectivity index is 2.77. The fourth-order valence-corrected chi connectivity index (χ4v) is 3.92. The van der Waals surface area contributed by atoms with Crippen LogP contribution >= 0.6 is 0 Å². The van der Waals surface area contributed by atoms with Crippen LogP contribution in [0.25, 0.3) is 0 Å². The molecular formula is C16H31NO4Si. The summed E-state index contributed by atoms with van der Waals surface area (Å²) in [6, 6.07) is -0.202. The van der Waals surface area contributed by atoms with Crippen LogP contribution in [-0.2, 0) is 18.8 Å². The monoisotopic (exact) mass is 329 g/mol. The number of ether oxygens (including phenoxy) is 1. The molecule has 0 bridgehead atoms. The molecule has 1 amide bonds. The van der Waals surface area contributed by atoms with Gasteiger partial charge < -0.3 is 14.5 Å². The molecule has 1 N–H and O–H groups in total. The zero-order valence-electron chi connectivity index (χ0n) is 15.1. The molecule has 0 aromatic rings. The number of carbonyl (C=O) groups excluding carboxylic acids is 2. The van der Waals surface area contributed by atoms with E-state index >= 15 is 0 Å². The Bertz CT molecular complexity index is 430. The van der Waals surface area contributed by atoms with E-state index in [1.807, 2.05) is 6.92 Å². The van der Waals surface area contributed by atoms with Crippen molar-refractivity contribution in [1.82, 2.24) is 5.32 Å². The van der Waals surface area contributed by atoms with E-state index in [-0.39, 0.29) is 40.9 Å². The second-order valence-electron chi connectivity index (χ2n) is 7.68. The molecule has 0 radical (unpaired) electrons. The van der Waals surface area contributed by atoms with Gasteiger partial charge in [0.15, 0.2) is 8.32 Å². The molecule has 1 aliphatic heterocycles. The van der Waals surface area contributed by atoms with Crippen molar-refractivity contribution >= 4 is 20.2 Å².